The van der Waals surface area contributed by atoms with Gasteiger partial charge in [0.15, 0.2) is 17.0 Å². The van der Waals surface area contributed by atoms with Crippen molar-refractivity contribution in [2.24, 2.45) is 11.3 Å². The molecule has 0 fully saturated rings. The summed E-state index contributed by atoms with van der Waals surface area (Å²) in [5, 5.41) is 3.37. The highest BCUT2D eigenvalue weighted by molar-refractivity contribution is 5.82. The number of fused-ring (bicyclic) bond motifs is 1. The molecule has 0 radical (unpaired) electrons. The van der Waals surface area contributed by atoms with Crippen molar-refractivity contribution in [3.05, 3.63) is 12.4 Å². The van der Waals surface area contributed by atoms with E-state index in [1.807, 2.05) is 0 Å². The fraction of sp³-hybridized carbons (Fsp3) is 0.615. The maximum absolute atomic E-state index is 13.2. The van der Waals surface area contributed by atoms with Crippen molar-refractivity contribution < 1.29 is 4.39 Å². The van der Waals surface area contributed by atoms with Gasteiger partial charge < -0.3 is 5.32 Å². The summed E-state index contributed by atoms with van der Waals surface area (Å²) in [5.74, 6) is 0.979. The maximum Gasteiger partial charge on any atom is 0.288 e. The Morgan fingerprint density at radius 1 is 1.26 bits per heavy atom. The van der Waals surface area contributed by atoms with Gasteiger partial charge in [0.1, 0.15) is 6.33 Å². The number of nitrogens with zero attached hydrogens (tertiary/aromatic N) is 3. The van der Waals surface area contributed by atoms with Crippen molar-refractivity contribution in [2.45, 2.75) is 40.7 Å². The van der Waals surface area contributed by atoms with Gasteiger partial charge in [-0.2, -0.15) is 9.37 Å². The first-order chi connectivity index (χ1) is 8.79. The smallest absolute Gasteiger partial charge is 0.288 e. The van der Waals surface area contributed by atoms with Crippen LogP contribution in [0, 0.1) is 17.4 Å². The van der Waals surface area contributed by atoms with Crippen LogP contribution in [0.15, 0.2) is 6.33 Å². The second-order valence-corrected chi connectivity index (χ2v) is 6.18. The van der Waals surface area contributed by atoms with Crippen LogP contribution in [0.4, 0.5) is 10.2 Å². The van der Waals surface area contributed by atoms with Gasteiger partial charge in [0, 0.05) is 6.04 Å². The first kappa shape index (κ1) is 13.7. The van der Waals surface area contributed by atoms with Crippen molar-refractivity contribution in [3.63, 3.8) is 0 Å². The molecule has 1 atom stereocenters. The molecule has 0 aromatic carbocycles. The molecule has 0 bridgehead atoms. The second kappa shape index (κ2) is 4.75. The summed E-state index contributed by atoms with van der Waals surface area (Å²) >= 11 is 0. The number of aromatic nitrogens is 4. The van der Waals surface area contributed by atoms with Crippen LogP contribution in [0.5, 0.6) is 0 Å². The fourth-order valence-corrected chi connectivity index (χ4v) is 2.44. The third-order valence-electron chi connectivity index (χ3n) is 3.15. The number of rotatable bonds is 3. The van der Waals surface area contributed by atoms with E-state index in [0.717, 1.165) is 0 Å². The molecule has 104 valence electrons. The predicted molar refractivity (Wildman–Crippen MR) is 73.3 cm³/mol. The van der Waals surface area contributed by atoms with Crippen molar-refractivity contribution in [3.8, 4) is 0 Å². The largest absolute Gasteiger partial charge is 0.365 e. The molecule has 0 saturated heterocycles. The number of hydrogen-bond donors (Lipinski definition) is 2. The zero-order valence-electron chi connectivity index (χ0n) is 12.0. The quantitative estimate of drug-likeness (QED) is 0.837. The van der Waals surface area contributed by atoms with Gasteiger partial charge in [-0.3, -0.25) is 4.98 Å². The van der Waals surface area contributed by atoms with Crippen molar-refractivity contribution in [2.75, 3.05) is 5.32 Å². The van der Waals surface area contributed by atoms with Gasteiger partial charge in [0.05, 0.1) is 0 Å². The molecule has 1 unspecified atom stereocenters. The Morgan fingerprint density at radius 2 is 1.95 bits per heavy atom. The molecule has 19 heavy (non-hydrogen) atoms. The van der Waals surface area contributed by atoms with E-state index in [9.17, 15) is 4.39 Å². The van der Waals surface area contributed by atoms with E-state index in [-0.39, 0.29) is 11.5 Å². The highest BCUT2D eigenvalue weighted by Gasteiger charge is 2.28. The number of H-pyrrole nitrogens is 1. The van der Waals surface area contributed by atoms with Crippen molar-refractivity contribution in [1.82, 2.24) is 19.9 Å². The normalized spacial score (nSPS) is 14.1. The average molecular weight is 265 g/mol. The molecule has 5 nitrogen and oxygen atoms in total. The van der Waals surface area contributed by atoms with E-state index in [1.165, 1.54) is 6.33 Å². The minimum Gasteiger partial charge on any atom is -0.365 e. The highest BCUT2D eigenvalue weighted by Crippen LogP contribution is 2.29. The Kier molecular flexibility index (Phi) is 3.43. The van der Waals surface area contributed by atoms with Gasteiger partial charge in [0.2, 0.25) is 0 Å². The molecular formula is C13H20FN5. The molecule has 0 aliphatic heterocycles. The summed E-state index contributed by atoms with van der Waals surface area (Å²) in [6.07, 6.45) is 0.762. The van der Waals surface area contributed by atoms with Crippen LogP contribution < -0.4 is 5.32 Å². The average Bonchev–Trinajstić information content (AvgIpc) is 2.64. The Bertz CT molecular complexity index is 570. The van der Waals surface area contributed by atoms with E-state index in [1.54, 1.807) is 0 Å². The first-order valence-electron chi connectivity index (χ1n) is 6.42. The molecule has 2 rings (SSSR count). The second-order valence-electron chi connectivity index (χ2n) is 6.18. The first-order valence-corrected chi connectivity index (χ1v) is 6.42. The topological polar surface area (TPSA) is 66.5 Å². The van der Waals surface area contributed by atoms with Crippen LogP contribution in [-0.4, -0.2) is 26.0 Å². The molecule has 2 aromatic heterocycles. The van der Waals surface area contributed by atoms with Gasteiger partial charge in [-0.1, -0.05) is 34.6 Å². The lowest BCUT2D eigenvalue weighted by atomic mass is 9.80. The number of aromatic amines is 1. The lowest BCUT2D eigenvalue weighted by Crippen LogP contribution is -2.38. The van der Waals surface area contributed by atoms with Crippen LogP contribution in [0.25, 0.3) is 11.2 Å². The van der Waals surface area contributed by atoms with E-state index in [2.05, 4.69) is 59.9 Å². The molecule has 0 amide bonds. The molecular weight excluding hydrogens is 245 g/mol. The number of nitrogens with one attached hydrogen (secondary N) is 2. The van der Waals surface area contributed by atoms with Crippen LogP contribution in [0.3, 0.4) is 0 Å². The summed E-state index contributed by atoms with van der Waals surface area (Å²) in [4.78, 5) is 14.4. The maximum atomic E-state index is 13.2. The van der Waals surface area contributed by atoms with Crippen LogP contribution in [0.2, 0.25) is 0 Å². The Balaban J connectivity index is 2.39. The van der Waals surface area contributed by atoms with Gasteiger partial charge in [0.25, 0.3) is 6.08 Å². The summed E-state index contributed by atoms with van der Waals surface area (Å²) < 4.78 is 13.2. The van der Waals surface area contributed by atoms with Crippen molar-refractivity contribution >= 4 is 17.0 Å². The molecule has 0 aliphatic carbocycles. The van der Waals surface area contributed by atoms with E-state index in [4.69, 9.17) is 0 Å². The standard InChI is InChI=1S/C13H20FN5/c1-7(2)9(13(3,4)5)18-10-8-11(16-6-15-10)19-12(14)17-8/h6-7,9H,1-5H3,(H2,15,16,17,18,19). The Hall–Kier alpha value is -1.72. The minimum atomic E-state index is -0.643. The van der Waals surface area contributed by atoms with Crippen LogP contribution in [-0.2, 0) is 0 Å². The number of imidazole rings is 1. The van der Waals surface area contributed by atoms with E-state index >= 15 is 0 Å². The number of anilines is 1. The SMILES string of the molecule is CC(C)C(Nc1ncnc2[nH]c(F)nc12)C(C)(C)C. The van der Waals surface area contributed by atoms with Crippen LogP contribution >= 0.6 is 0 Å². The molecule has 2 N–H and O–H groups in total. The minimum absolute atomic E-state index is 0.0558. The summed E-state index contributed by atoms with van der Waals surface area (Å²) in [6, 6.07) is 0.199. The summed E-state index contributed by atoms with van der Waals surface area (Å²) in [5.41, 5.74) is 0.904. The third kappa shape index (κ3) is 2.83. The van der Waals surface area contributed by atoms with Crippen molar-refractivity contribution in [1.29, 1.82) is 0 Å². The zero-order chi connectivity index (χ0) is 14.2. The lowest BCUT2D eigenvalue weighted by Gasteiger charge is -2.35. The Morgan fingerprint density at radius 3 is 2.53 bits per heavy atom. The molecule has 2 heterocycles. The summed E-state index contributed by atoms with van der Waals surface area (Å²) in [6.45, 7) is 10.8. The Labute approximate surface area is 112 Å². The van der Waals surface area contributed by atoms with Gasteiger partial charge in [-0.25, -0.2) is 9.97 Å². The van der Waals surface area contributed by atoms with Gasteiger partial charge >= 0.3 is 0 Å². The summed E-state index contributed by atoms with van der Waals surface area (Å²) in [7, 11) is 0. The third-order valence-corrected chi connectivity index (χ3v) is 3.15. The fourth-order valence-electron chi connectivity index (χ4n) is 2.44. The zero-order valence-corrected chi connectivity index (χ0v) is 12.0. The number of halogens is 1. The molecule has 0 saturated carbocycles. The van der Waals surface area contributed by atoms with Crippen LogP contribution in [0.1, 0.15) is 34.6 Å². The highest BCUT2D eigenvalue weighted by atomic mass is 19.1. The molecule has 6 heteroatoms. The van der Waals surface area contributed by atoms with Gasteiger partial charge in [-0.15, -0.1) is 0 Å². The lowest BCUT2D eigenvalue weighted by molar-refractivity contribution is 0.280. The predicted octanol–water partition coefficient (Wildman–Crippen LogP) is 2.97. The molecule has 2 aromatic rings. The molecule has 0 aliphatic rings. The van der Waals surface area contributed by atoms with E-state index < -0.39 is 6.08 Å². The molecule has 0 spiro atoms. The number of hydrogen-bond acceptors (Lipinski definition) is 4. The monoisotopic (exact) mass is 265 g/mol. The van der Waals surface area contributed by atoms with E-state index in [0.29, 0.717) is 22.9 Å². The van der Waals surface area contributed by atoms with Gasteiger partial charge in [-0.05, 0) is 11.3 Å².